The number of rotatable bonds is 3. The van der Waals surface area contributed by atoms with Gasteiger partial charge in [-0.3, -0.25) is 0 Å². The molecule has 1 atom stereocenters. The van der Waals surface area contributed by atoms with E-state index in [1.165, 1.54) is 16.4 Å². The van der Waals surface area contributed by atoms with E-state index in [-0.39, 0.29) is 15.5 Å². The van der Waals surface area contributed by atoms with Crippen LogP contribution in [-0.4, -0.2) is 36.9 Å². The van der Waals surface area contributed by atoms with Crippen molar-refractivity contribution in [2.75, 3.05) is 13.1 Å². The highest BCUT2D eigenvalue weighted by Gasteiger charge is 2.29. The van der Waals surface area contributed by atoms with Crippen molar-refractivity contribution in [2.24, 2.45) is 5.92 Å². The average molecular weight is 318 g/mol. The summed E-state index contributed by atoms with van der Waals surface area (Å²) in [6, 6.07) is 3.69. The smallest absolute Gasteiger partial charge is 0.335 e. The molecule has 1 heterocycles. The first-order chi connectivity index (χ1) is 9.30. The molecule has 5 nitrogen and oxygen atoms in total. The minimum atomic E-state index is -3.69. The molecule has 1 N–H and O–H groups in total. The Morgan fingerprint density at radius 2 is 2.10 bits per heavy atom. The van der Waals surface area contributed by atoms with Crippen LogP contribution in [0, 0.1) is 5.92 Å². The third-order valence-electron chi connectivity index (χ3n) is 3.38. The van der Waals surface area contributed by atoms with Gasteiger partial charge in [0, 0.05) is 18.1 Å². The van der Waals surface area contributed by atoms with Gasteiger partial charge in [-0.05, 0) is 37.0 Å². The van der Waals surface area contributed by atoms with Crippen LogP contribution in [0.2, 0.25) is 5.02 Å². The van der Waals surface area contributed by atoms with Gasteiger partial charge in [-0.1, -0.05) is 18.5 Å². The summed E-state index contributed by atoms with van der Waals surface area (Å²) in [5, 5.41) is 9.09. The van der Waals surface area contributed by atoms with Crippen molar-refractivity contribution >= 4 is 27.6 Å². The van der Waals surface area contributed by atoms with E-state index < -0.39 is 16.0 Å². The first-order valence-corrected chi connectivity index (χ1v) is 8.16. The molecule has 1 fully saturated rings. The Hall–Kier alpha value is -1.11. The van der Waals surface area contributed by atoms with Crippen molar-refractivity contribution in [2.45, 2.75) is 24.7 Å². The molecule has 1 aromatic carbocycles. The van der Waals surface area contributed by atoms with Crippen LogP contribution in [0.3, 0.4) is 0 Å². The Labute approximate surface area is 123 Å². The molecule has 7 heteroatoms. The lowest BCUT2D eigenvalue weighted by atomic mass is 10.0. The molecule has 0 saturated carbocycles. The van der Waals surface area contributed by atoms with Crippen LogP contribution in [0.4, 0.5) is 0 Å². The number of nitrogens with zero attached hydrogens (tertiary/aromatic N) is 1. The minimum Gasteiger partial charge on any atom is -0.478 e. The van der Waals surface area contributed by atoms with Gasteiger partial charge in [-0.25, -0.2) is 13.2 Å². The maximum absolute atomic E-state index is 12.5. The highest BCUT2D eigenvalue weighted by molar-refractivity contribution is 7.89. The van der Waals surface area contributed by atoms with Gasteiger partial charge in [0.15, 0.2) is 0 Å². The molecule has 0 spiro atoms. The summed E-state index contributed by atoms with van der Waals surface area (Å²) in [5.74, 6) is -0.896. The number of carbonyl (C=O) groups is 1. The van der Waals surface area contributed by atoms with E-state index in [0.29, 0.717) is 19.0 Å². The Bertz CT molecular complexity index is 629. The molecule has 0 bridgehead atoms. The molecule has 20 heavy (non-hydrogen) atoms. The third-order valence-corrected chi connectivity index (χ3v) is 5.44. The number of benzene rings is 1. The summed E-state index contributed by atoms with van der Waals surface area (Å²) in [5.41, 5.74) is -0.124. The van der Waals surface area contributed by atoms with Gasteiger partial charge in [0.1, 0.15) is 0 Å². The number of carboxylic acids is 1. The largest absolute Gasteiger partial charge is 0.478 e. The van der Waals surface area contributed by atoms with E-state index in [1.54, 1.807) is 0 Å². The van der Waals surface area contributed by atoms with Crippen molar-refractivity contribution in [1.82, 2.24) is 4.31 Å². The molecule has 1 saturated heterocycles. The zero-order valence-electron chi connectivity index (χ0n) is 11.0. The number of halogens is 1. The van der Waals surface area contributed by atoms with Crippen LogP contribution < -0.4 is 0 Å². The van der Waals surface area contributed by atoms with Crippen LogP contribution >= 0.6 is 11.6 Å². The van der Waals surface area contributed by atoms with Crippen molar-refractivity contribution in [3.63, 3.8) is 0 Å². The van der Waals surface area contributed by atoms with Crippen LogP contribution in [0.25, 0.3) is 0 Å². The van der Waals surface area contributed by atoms with Crippen LogP contribution in [0.15, 0.2) is 23.1 Å². The first kappa shape index (κ1) is 15.3. The number of aromatic carboxylic acids is 1. The predicted molar refractivity (Wildman–Crippen MR) is 75.6 cm³/mol. The summed E-state index contributed by atoms with van der Waals surface area (Å²) in [7, 11) is -3.69. The van der Waals surface area contributed by atoms with Gasteiger partial charge in [-0.15, -0.1) is 0 Å². The van der Waals surface area contributed by atoms with E-state index in [4.69, 9.17) is 16.7 Å². The van der Waals surface area contributed by atoms with E-state index in [1.807, 2.05) is 6.92 Å². The fourth-order valence-electron chi connectivity index (χ4n) is 2.35. The third kappa shape index (κ3) is 3.13. The first-order valence-electron chi connectivity index (χ1n) is 6.35. The molecule has 1 aromatic rings. The zero-order valence-corrected chi connectivity index (χ0v) is 12.6. The maximum Gasteiger partial charge on any atom is 0.335 e. The standard InChI is InChI=1S/C13H16ClNO4S/c1-9-3-2-4-15(8-9)20(18,19)12-6-10(13(16)17)5-11(14)7-12/h5-7,9H,2-4,8H2,1H3,(H,16,17). The van der Waals surface area contributed by atoms with Crippen molar-refractivity contribution < 1.29 is 18.3 Å². The van der Waals surface area contributed by atoms with Crippen molar-refractivity contribution in [1.29, 1.82) is 0 Å². The number of hydrogen-bond acceptors (Lipinski definition) is 3. The highest BCUT2D eigenvalue weighted by atomic mass is 35.5. The quantitative estimate of drug-likeness (QED) is 0.929. The molecule has 0 aliphatic carbocycles. The lowest BCUT2D eigenvalue weighted by Crippen LogP contribution is -2.39. The molecule has 1 unspecified atom stereocenters. The molecule has 0 aromatic heterocycles. The molecular formula is C13H16ClNO4S. The molecule has 2 rings (SSSR count). The van der Waals surface area contributed by atoms with Gasteiger partial charge in [0.2, 0.25) is 10.0 Å². The zero-order chi connectivity index (χ0) is 14.9. The Morgan fingerprint density at radius 3 is 2.70 bits per heavy atom. The monoisotopic (exact) mass is 317 g/mol. The molecule has 1 aliphatic heterocycles. The second kappa shape index (κ2) is 5.71. The van der Waals surface area contributed by atoms with Gasteiger partial charge in [-0.2, -0.15) is 4.31 Å². The lowest BCUT2D eigenvalue weighted by molar-refractivity contribution is 0.0696. The molecule has 0 amide bonds. The Morgan fingerprint density at radius 1 is 1.40 bits per heavy atom. The number of hydrogen-bond donors (Lipinski definition) is 1. The highest BCUT2D eigenvalue weighted by Crippen LogP contribution is 2.26. The summed E-state index contributed by atoms with van der Waals surface area (Å²) in [4.78, 5) is 10.9. The summed E-state index contributed by atoms with van der Waals surface area (Å²) in [6.45, 7) is 2.92. The fourth-order valence-corrected chi connectivity index (χ4v) is 4.32. The van der Waals surface area contributed by atoms with Crippen LogP contribution in [-0.2, 0) is 10.0 Å². The van der Waals surface area contributed by atoms with Gasteiger partial charge < -0.3 is 5.11 Å². The minimum absolute atomic E-state index is 0.0588. The van der Waals surface area contributed by atoms with Gasteiger partial charge in [0.05, 0.1) is 10.5 Å². The average Bonchev–Trinajstić information content (AvgIpc) is 2.38. The Balaban J connectivity index is 2.41. The van der Waals surface area contributed by atoms with Crippen molar-refractivity contribution in [3.8, 4) is 0 Å². The van der Waals surface area contributed by atoms with Crippen molar-refractivity contribution in [3.05, 3.63) is 28.8 Å². The number of piperidine rings is 1. The predicted octanol–water partition coefficient (Wildman–Crippen LogP) is 2.46. The SMILES string of the molecule is CC1CCCN(S(=O)(=O)c2cc(Cl)cc(C(=O)O)c2)C1. The Kier molecular flexibility index (Phi) is 4.36. The van der Waals surface area contributed by atoms with Crippen LogP contribution in [0.1, 0.15) is 30.1 Å². The molecule has 110 valence electrons. The molecular weight excluding hydrogens is 302 g/mol. The van der Waals surface area contributed by atoms with Crippen LogP contribution in [0.5, 0.6) is 0 Å². The topological polar surface area (TPSA) is 74.7 Å². The number of sulfonamides is 1. The normalized spacial score (nSPS) is 20.8. The van der Waals surface area contributed by atoms with E-state index in [9.17, 15) is 13.2 Å². The van der Waals surface area contributed by atoms with E-state index in [2.05, 4.69) is 0 Å². The lowest BCUT2D eigenvalue weighted by Gasteiger charge is -2.30. The summed E-state index contributed by atoms with van der Waals surface area (Å²) >= 11 is 5.82. The van der Waals surface area contributed by atoms with E-state index in [0.717, 1.165) is 18.9 Å². The molecule has 0 radical (unpaired) electrons. The second-order valence-electron chi connectivity index (χ2n) is 5.09. The van der Waals surface area contributed by atoms with E-state index >= 15 is 0 Å². The number of carboxylic acid groups (broad SMARTS) is 1. The van der Waals surface area contributed by atoms with Gasteiger partial charge >= 0.3 is 5.97 Å². The fraction of sp³-hybridized carbons (Fsp3) is 0.462. The summed E-state index contributed by atoms with van der Waals surface area (Å²) in [6.07, 6.45) is 1.81. The summed E-state index contributed by atoms with van der Waals surface area (Å²) < 4.78 is 26.5. The second-order valence-corrected chi connectivity index (χ2v) is 7.47. The maximum atomic E-state index is 12.5. The molecule has 1 aliphatic rings. The van der Waals surface area contributed by atoms with Gasteiger partial charge in [0.25, 0.3) is 0 Å².